The first-order chi connectivity index (χ1) is 9.47. The summed E-state index contributed by atoms with van der Waals surface area (Å²) in [6, 6.07) is 3.20. The lowest BCUT2D eigenvalue weighted by Gasteiger charge is -2.31. The Morgan fingerprint density at radius 3 is 2.85 bits per heavy atom. The Morgan fingerprint density at radius 2 is 2.25 bits per heavy atom. The van der Waals surface area contributed by atoms with E-state index in [-0.39, 0.29) is 18.6 Å². The molecule has 0 bridgehead atoms. The van der Waals surface area contributed by atoms with E-state index in [0.717, 1.165) is 12.2 Å². The summed E-state index contributed by atoms with van der Waals surface area (Å²) in [6.45, 7) is 4.56. The zero-order valence-electron chi connectivity index (χ0n) is 11.8. The number of rotatable bonds is 3. The van der Waals surface area contributed by atoms with Gasteiger partial charge in [-0.1, -0.05) is 0 Å². The van der Waals surface area contributed by atoms with Gasteiger partial charge in [-0.3, -0.25) is 4.79 Å². The van der Waals surface area contributed by atoms with E-state index >= 15 is 0 Å². The molecule has 20 heavy (non-hydrogen) atoms. The van der Waals surface area contributed by atoms with Crippen LogP contribution in [0, 0.1) is 12.8 Å². The van der Waals surface area contributed by atoms with Gasteiger partial charge in [0.1, 0.15) is 11.5 Å². The normalized spacial score (nSPS) is 20.5. The molecule has 0 aromatic carbocycles. The summed E-state index contributed by atoms with van der Waals surface area (Å²) in [6.07, 6.45) is 1.35. The molecule has 1 aliphatic rings. The van der Waals surface area contributed by atoms with Crippen LogP contribution in [0.1, 0.15) is 37.3 Å². The van der Waals surface area contributed by atoms with E-state index in [9.17, 15) is 9.59 Å². The van der Waals surface area contributed by atoms with Crippen LogP contribution in [0.25, 0.3) is 0 Å². The van der Waals surface area contributed by atoms with E-state index in [1.807, 2.05) is 26.0 Å². The van der Waals surface area contributed by atoms with Crippen molar-refractivity contribution >= 4 is 12.0 Å². The van der Waals surface area contributed by atoms with Crippen molar-refractivity contribution in [3.05, 3.63) is 23.7 Å². The molecule has 6 heteroatoms. The summed E-state index contributed by atoms with van der Waals surface area (Å²) in [5.41, 5.74) is 0. The van der Waals surface area contributed by atoms with E-state index in [2.05, 4.69) is 5.32 Å². The molecule has 6 nitrogen and oxygen atoms in total. The zero-order valence-corrected chi connectivity index (χ0v) is 11.8. The molecule has 1 unspecified atom stereocenters. The van der Waals surface area contributed by atoms with Crippen molar-refractivity contribution in [2.45, 2.75) is 32.7 Å². The molecule has 0 spiro atoms. The maximum absolute atomic E-state index is 12.1. The molecule has 2 heterocycles. The maximum atomic E-state index is 12.1. The zero-order chi connectivity index (χ0) is 14.7. The van der Waals surface area contributed by atoms with Gasteiger partial charge >= 0.3 is 12.0 Å². The van der Waals surface area contributed by atoms with Gasteiger partial charge < -0.3 is 19.7 Å². The predicted molar refractivity (Wildman–Crippen MR) is 72.3 cm³/mol. The number of likely N-dealkylation sites (tertiary alicyclic amines) is 1. The number of aryl methyl sites for hydroxylation is 1. The van der Waals surface area contributed by atoms with E-state index in [4.69, 9.17) is 9.52 Å². The fraction of sp³-hybridized carbons (Fsp3) is 0.571. The summed E-state index contributed by atoms with van der Waals surface area (Å²) in [4.78, 5) is 24.7. The number of carboxylic acid groups (broad SMARTS) is 1. The average Bonchev–Trinajstić information content (AvgIpc) is 2.85. The molecule has 0 radical (unpaired) electrons. The van der Waals surface area contributed by atoms with E-state index in [1.165, 1.54) is 0 Å². The number of nitrogens with one attached hydrogen (secondary N) is 1. The molecular formula is C14H20N2O4. The van der Waals surface area contributed by atoms with Crippen LogP contribution in [-0.2, 0) is 4.79 Å². The standard InChI is InChI=1S/C14H20N2O4/c1-9-5-6-12(20-9)10(2)15-14(19)16-7-3-4-11(8-16)13(17)18/h5-6,10-11H,3-4,7-8H2,1-2H3,(H,15,19)(H,17,18)/t10?,11-/m1/s1. The largest absolute Gasteiger partial charge is 0.481 e. The number of piperidine rings is 1. The summed E-state index contributed by atoms with van der Waals surface area (Å²) in [5, 5.41) is 11.9. The molecule has 0 aliphatic carbocycles. The second-order valence-corrected chi connectivity index (χ2v) is 5.24. The van der Waals surface area contributed by atoms with Gasteiger partial charge in [0.05, 0.1) is 12.0 Å². The van der Waals surface area contributed by atoms with Gasteiger partial charge in [-0.2, -0.15) is 0 Å². The van der Waals surface area contributed by atoms with Gasteiger partial charge in [0.15, 0.2) is 0 Å². The van der Waals surface area contributed by atoms with Crippen LogP contribution in [0.2, 0.25) is 0 Å². The smallest absolute Gasteiger partial charge is 0.318 e. The minimum atomic E-state index is -0.836. The highest BCUT2D eigenvalue weighted by Gasteiger charge is 2.28. The lowest BCUT2D eigenvalue weighted by Crippen LogP contribution is -2.47. The first-order valence-electron chi connectivity index (χ1n) is 6.82. The van der Waals surface area contributed by atoms with Crippen LogP contribution >= 0.6 is 0 Å². The van der Waals surface area contributed by atoms with Crippen LogP contribution < -0.4 is 5.32 Å². The van der Waals surface area contributed by atoms with Crippen molar-refractivity contribution in [1.82, 2.24) is 10.2 Å². The second kappa shape index (κ2) is 5.98. The van der Waals surface area contributed by atoms with Gasteiger partial charge in [-0.15, -0.1) is 0 Å². The Labute approximate surface area is 117 Å². The Bertz CT molecular complexity index is 497. The van der Waals surface area contributed by atoms with E-state index in [1.54, 1.807) is 4.90 Å². The predicted octanol–water partition coefficient (Wildman–Crippen LogP) is 2.16. The SMILES string of the molecule is Cc1ccc(C(C)NC(=O)N2CCC[C@@H](C(=O)O)C2)o1. The van der Waals surface area contributed by atoms with Crippen molar-refractivity contribution in [2.75, 3.05) is 13.1 Å². The van der Waals surface area contributed by atoms with Crippen LogP contribution in [0.5, 0.6) is 0 Å². The summed E-state index contributed by atoms with van der Waals surface area (Å²) in [7, 11) is 0. The molecule has 2 N–H and O–H groups in total. The van der Waals surface area contributed by atoms with Crippen LogP contribution in [0.3, 0.4) is 0 Å². The number of urea groups is 1. The van der Waals surface area contributed by atoms with E-state index in [0.29, 0.717) is 18.7 Å². The Hall–Kier alpha value is -1.98. The molecular weight excluding hydrogens is 260 g/mol. The molecule has 2 rings (SSSR count). The van der Waals surface area contributed by atoms with Crippen molar-refractivity contribution in [2.24, 2.45) is 5.92 Å². The molecule has 1 fully saturated rings. The lowest BCUT2D eigenvalue weighted by atomic mass is 9.99. The number of hydrogen-bond acceptors (Lipinski definition) is 3. The third kappa shape index (κ3) is 3.31. The maximum Gasteiger partial charge on any atom is 0.318 e. The highest BCUT2D eigenvalue weighted by Crippen LogP contribution is 2.19. The summed E-state index contributed by atoms with van der Waals surface area (Å²) < 4.78 is 5.47. The molecule has 1 saturated heterocycles. The van der Waals surface area contributed by atoms with E-state index < -0.39 is 11.9 Å². The molecule has 2 atom stereocenters. The highest BCUT2D eigenvalue weighted by molar-refractivity contribution is 5.76. The lowest BCUT2D eigenvalue weighted by molar-refractivity contribution is -0.143. The fourth-order valence-electron chi connectivity index (χ4n) is 2.40. The Kier molecular flexibility index (Phi) is 4.32. The number of carbonyl (C=O) groups is 2. The molecule has 2 amide bonds. The number of furan rings is 1. The highest BCUT2D eigenvalue weighted by atomic mass is 16.4. The van der Waals surface area contributed by atoms with Crippen molar-refractivity contribution < 1.29 is 19.1 Å². The number of carbonyl (C=O) groups excluding carboxylic acids is 1. The molecule has 0 saturated carbocycles. The molecule has 1 aromatic heterocycles. The second-order valence-electron chi connectivity index (χ2n) is 5.24. The number of hydrogen-bond donors (Lipinski definition) is 2. The first kappa shape index (κ1) is 14.4. The fourth-order valence-corrected chi connectivity index (χ4v) is 2.40. The van der Waals surface area contributed by atoms with Crippen molar-refractivity contribution in [1.29, 1.82) is 0 Å². The van der Waals surface area contributed by atoms with Crippen LogP contribution in [0.4, 0.5) is 4.79 Å². The van der Waals surface area contributed by atoms with Gasteiger partial charge in [0.2, 0.25) is 0 Å². The number of carboxylic acids is 1. The summed E-state index contributed by atoms with van der Waals surface area (Å²) in [5.74, 6) is 0.195. The Morgan fingerprint density at radius 1 is 1.50 bits per heavy atom. The average molecular weight is 280 g/mol. The minimum Gasteiger partial charge on any atom is -0.481 e. The van der Waals surface area contributed by atoms with Crippen molar-refractivity contribution in [3.63, 3.8) is 0 Å². The monoisotopic (exact) mass is 280 g/mol. The van der Waals surface area contributed by atoms with Gasteiger partial charge in [-0.25, -0.2) is 4.79 Å². The van der Waals surface area contributed by atoms with Crippen LogP contribution in [0.15, 0.2) is 16.5 Å². The van der Waals surface area contributed by atoms with Crippen molar-refractivity contribution in [3.8, 4) is 0 Å². The minimum absolute atomic E-state index is 0.235. The third-order valence-corrected chi connectivity index (χ3v) is 3.59. The molecule has 1 aliphatic heterocycles. The number of aliphatic carboxylic acids is 1. The van der Waals surface area contributed by atoms with Crippen LogP contribution in [-0.4, -0.2) is 35.1 Å². The Balaban J connectivity index is 1.92. The third-order valence-electron chi connectivity index (χ3n) is 3.59. The quantitative estimate of drug-likeness (QED) is 0.888. The first-order valence-corrected chi connectivity index (χ1v) is 6.82. The summed E-state index contributed by atoms with van der Waals surface area (Å²) >= 11 is 0. The van der Waals surface area contributed by atoms with Gasteiger partial charge in [0, 0.05) is 13.1 Å². The van der Waals surface area contributed by atoms with Gasteiger partial charge in [-0.05, 0) is 38.8 Å². The molecule has 1 aromatic rings. The number of nitrogens with zero attached hydrogens (tertiary/aromatic N) is 1. The number of amides is 2. The van der Waals surface area contributed by atoms with Gasteiger partial charge in [0.25, 0.3) is 0 Å². The molecule has 110 valence electrons. The topological polar surface area (TPSA) is 82.8 Å².